The van der Waals surface area contributed by atoms with Crippen molar-refractivity contribution in [3.8, 4) is 0 Å². The van der Waals surface area contributed by atoms with Crippen LogP contribution in [0.15, 0.2) is 16.5 Å². The van der Waals surface area contributed by atoms with Gasteiger partial charge in [0.15, 0.2) is 0 Å². The van der Waals surface area contributed by atoms with E-state index < -0.39 is 0 Å². The van der Waals surface area contributed by atoms with Gasteiger partial charge in [0.25, 0.3) is 0 Å². The number of hydrogen-bond donors (Lipinski definition) is 1. The minimum Gasteiger partial charge on any atom is -0.309 e. The number of nitrogens with zero attached hydrogens (tertiary/aromatic N) is 2. The molecule has 1 saturated heterocycles. The summed E-state index contributed by atoms with van der Waals surface area (Å²) in [6.45, 7) is 8.45. The van der Waals surface area contributed by atoms with Crippen LogP contribution in [0.4, 0.5) is 0 Å². The third-order valence-electron chi connectivity index (χ3n) is 2.89. The molecule has 1 fully saturated rings. The first kappa shape index (κ1) is 11.8. The van der Waals surface area contributed by atoms with E-state index in [1.54, 1.807) is 16.9 Å². The fourth-order valence-electron chi connectivity index (χ4n) is 1.88. The van der Waals surface area contributed by atoms with Crippen LogP contribution in [0.25, 0.3) is 0 Å². The smallest absolute Gasteiger partial charge is 0.0897 e. The molecule has 0 radical (unpaired) electrons. The quantitative estimate of drug-likeness (QED) is 0.809. The molecule has 0 spiro atoms. The lowest BCUT2D eigenvalue weighted by atomic mass is 10.0. The second-order valence-electron chi connectivity index (χ2n) is 4.52. The Hall–Kier alpha value is -0.710. The molecule has 0 amide bonds. The monoisotopic (exact) mass is 237 g/mol. The van der Waals surface area contributed by atoms with Crippen molar-refractivity contribution in [2.45, 2.75) is 20.4 Å². The van der Waals surface area contributed by atoms with Crippen LogP contribution in [0.1, 0.15) is 17.6 Å². The van der Waals surface area contributed by atoms with E-state index in [-0.39, 0.29) is 0 Å². The SMILES string of the molecule is CC(CN(C)Cc1csc(C)n1)=C1CNC1. The highest BCUT2D eigenvalue weighted by atomic mass is 32.1. The van der Waals surface area contributed by atoms with E-state index in [0.717, 1.165) is 31.2 Å². The molecular weight excluding hydrogens is 218 g/mol. The first-order valence-electron chi connectivity index (χ1n) is 5.63. The first-order chi connectivity index (χ1) is 7.65. The molecule has 1 aliphatic heterocycles. The molecular formula is C12H19N3S. The van der Waals surface area contributed by atoms with E-state index in [4.69, 9.17) is 0 Å². The van der Waals surface area contributed by atoms with Crippen LogP contribution in [0.5, 0.6) is 0 Å². The van der Waals surface area contributed by atoms with Crippen LogP contribution in [0, 0.1) is 6.92 Å². The molecule has 1 aromatic rings. The van der Waals surface area contributed by atoms with Crippen LogP contribution in [0.2, 0.25) is 0 Å². The maximum absolute atomic E-state index is 4.49. The second-order valence-corrected chi connectivity index (χ2v) is 5.58. The summed E-state index contributed by atoms with van der Waals surface area (Å²) in [5.41, 5.74) is 4.27. The Kier molecular flexibility index (Phi) is 3.74. The lowest BCUT2D eigenvalue weighted by Gasteiger charge is -2.24. The molecule has 1 aliphatic rings. The van der Waals surface area contributed by atoms with Crippen molar-refractivity contribution in [1.29, 1.82) is 0 Å². The summed E-state index contributed by atoms with van der Waals surface area (Å²) in [4.78, 5) is 6.81. The largest absolute Gasteiger partial charge is 0.309 e. The molecule has 3 nitrogen and oxygen atoms in total. The molecule has 1 N–H and O–H groups in total. The maximum atomic E-state index is 4.49. The van der Waals surface area contributed by atoms with Crippen LogP contribution in [-0.2, 0) is 6.54 Å². The standard InChI is InChI=1S/C12H19N3S/c1-9(11-4-13-5-11)6-15(3)7-12-8-16-10(2)14-12/h8,13H,4-7H2,1-3H3. The zero-order valence-electron chi connectivity index (χ0n) is 10.2. The number of aromatic nitrogens is 1. The summed E-state index contributed by atoms with van der Waals surface area (Å²) >= 11 is 1.73. The highest BCUT2D eigenvalue weighted by Crippen LogP contribution is 2.13. The Balaban J connectivity index is 1.86. The normalized spacial score (nSPS) is 15.4. The van der Waals surface area contributed by atoms with Gasteiger partial charge >= 0.3 is 0 Å². The molecule has 16 heavy (non-hydrogen) atoms. The van der Waals surface area contributed by atoms with Crippen molar-refractivity contribution in [2.24, 2.45) is 0 Å². The van der Waals surface area contributed by atoms with Gasteiger partial charge in [-0.3, -0.25) is 4.90 Å². The molecule has 1 aromatic heterocycles. The van der Waals surface area contributed by atoms with Crippen LogP contribution in [0.3, 0.4) is 0 Å². The molecule has 0 aromatic carbocycles. The average molecular weight is 237 g/mol. The maximum Gasteiger partial charge on any atom is 0.0897 e. The summed E-state index contributed by atoms with van der Waals surface area (Å²) < 4.78 is 0. The van der Waals surface area contributed by atoms with Crippen LogP contribution < -0.4 is 5.32 Å². The van der Waals surface area contributed by atoms with Crippen molar-refractivity contribution in [2.75, 3.05) is 26.7 Å². The van der Waals surface area contributed by atoms with Gasteiger partial charge in [0.2, 0.25) is 0 Å². The Morgan fingerprint density at radius 2 is 2.31 bits per heavy atom. The first-order valence-corrected chi connectivity index (χ1v) is 6.51. The number of nitrogens with one attached hydrogen (secondary N) is 1. The Labute approximate surface area is 101 Å². The van der Waals surface area contributed by atoms with Crippen molar-refractivity contribution in [3.63, 3.8) is 0 Å². The molecule has 4 heteroatoms. The van der Waals surface area contributed by atoms with E-state index in [9.17, 15) is 0 Å². The number of thiazole rings is 1. The lowest BCUT2D eigenvalue weighted by molar-refractivity contribution is 0.348. The fourth-order valence-corrected chi connectivity index (χ4v) is 2.49. The molecule has 0 saturated carbocycles. The van der Waals surface area contributed by atoms with Crippen LogP contribution in [-0.4, -0.2) is 36.6 Å². The summed E-state index contributed by atoms with van der Waals surface area (Å²) in [7, 11) is 2.16. The Morgan fingerprint density at radius 1 is 1.56 bits per heavy atom. The third kappa shape index (κ3) is 2.90. The predicted octanol–water partition coefficient (Wildman–Crippen LogP) is 1.80. The Bertz CT molecular complexity index is 389. The molecule has 0 atom stereocenters. The Morgan fingerprint density at radius 3 is 2.81 bits per heavy atom. The molecule has 0 aliphatic carbocycles. The summed E-state index contributed by atoms with van der Waals surface area (Å²) in [6.07, 6.45) is 0. The highest BCUT2D eigenvalue weighted by molar-refractivity contribution is 7.09. The van der Waals surface area contributed by atoms with E-state index in [1.807, 2.05) is 0 Å². The van der Waals surface area contributed by atoms with E-state index in [2.05, 4.69) is 41.5 Å². The van der Waals surface area contributed by atoms with Gasteiger partial charge in [0.05, 0.1) is 10.7 Å². The minimum atomic E-state index is 0.947. The third-order valence-corrected chi connectivity index (χ3v) is 3.71. The average Bonchev–Trinajstić information content (AvgIpc) is 2.47. The van der Waals surface area contributed by atoms with Crippen LogP contribution >= 0.6 is 11.3 Å². The van der Waals surface area contributed by atoms with Gasteiger partial charge in [0, 0.05) is 31.6 Å². The van der Waals surface area contributed by atoms with Crippen molar-refractivity contribution < 1.29 is 0 Å². The van der Waals surface area contributed by atoms with Gasteiger partial charge < -0.3 is 5.32 Å². The molecule has 2 rings (SSSR count). The van der Waals surface area contributed by atoms with Gasteiger partial charge in [-0.05, 0) is 26.5 Å². The number of rotatable bonds is 4. The molecule has 88 valence electrons. The second kappa shape index (κ2) is 5.08. The summed E-state index contributed by atoms with van der Waals surface area (Å²) in [5, 5.41) is 6.59. The van der Waals surface area contributed by atoms with Gasteiger partial charge in [-0.1, -0.05) is 5.57 Å². The number of hydrogen-bond acceptors (Lipinski definition) is 4. The zero-order valence-corrected chi connectivity index (χ0v) is 11.0. The zero-order chi connectivity index (χ0) is 11.5. The van der Waals surface area contributed by atoms with E-state index in [1.165, 1.54) is 11.3 Å². The van der Waals surface area contributed by atoms with E-state index in [0.29, 0.717) is 0 Å². The predicted molar refractivity (Wildman–Crippen MR) is 68.8 cm³/mol. The summed E-state index contributed by atoms with van der Waals surface area (Å²) in [6, 6.07) is 0. The van der Waals surface area contributed by atoms with Crippen molar-refractivity contribution in [1.82, 2.24) is 15.2 Å². The van der Waals surface area contributed by atoms with Gasteiger partial charge in [-0.15, -0.1) is 11.3 Å². The van der Waals surface area contributed by atoms with Crippen molar-refractivity contribution >= 4 is 11.3 Å². The van der Waals surface area contributed by atoms with E-state index >= 15 is 0 Å². The molecule has 2 heterocycles. The molecule has 0 bridgehead atoms. The lowest BCUT2D eigenvalue weighted by Crippen LogP contribution is -2.36. The summed E-state index contributed by atoms with van der Waals surface area (Å²) in [5.74, 6) is 0. The minimum absolute atomic E-state index is 0.947. The van der Waals surface area contributed by atoms with Gasteiger partial charge in [-0.2, -0.15) is 0 Å². The van der Waals surface area contributed by atoms with Gasteiger partial charge in [-0.25, -0.2) is 4.98 Å². The topological polar surface area (TPSA) is 28.2 Å². The number of aryl methyl sites for hydroxylation is 1. The number of likely N-dealkylation sites (N-methyl/N-ethyl adjacent to an activating group) is 1. The van der Waals surface area contributed by atoms with Gasteiger partial charge in [0.1, 0.15) is 0 Å². The fraction of sp³-hybridized carbons (Fsp3) is 0.583. The molecule has 0 unspecified atom stereocenters. The van der Waals surface area contributed by atoms with Crippen molar-refractivity contribution in [3.05, 3.63) is 27.2 Å². The highest BCUT2D eigenvalue weighted by Gasteiger charge is 2.12.